The number of rotatable bonds is 11. The summed E-state index contributed by atoms with van der Waals surface area (Å²) in [6.45, 7) is 11.4. The summed E-state index contributed by atoms with van der Waals surface area (Å²) < 4.78 is 0. The Kier molecular flexibility index (Phi) is 9.81. The van der Waals surface area contributed by atoms with Gasteiger partial charge in [0.2, 0.25) is 0 Å². The van der Waals surface area contributed by atoms with Gasteiger partial charge in [-0.25, -0.2) is 0 Å². The molecule has 1 N–H and O–H groups in total. The van der Waals surface area contributed by atoms with Gasteiger partial charge in [0, 0.05) is 24.0 Å². The van der Waals surface area contributed by atoms with Crippen LogP contribution in [0.15, 0.2) is 35.2 Å². The van der Waals surface area contributed by atoms with Crippen LogP contribution >= 0.6 is 11.8 Å². The molecule has 0 aliphatic rings. The van der Waals surface area contributed by atoms with E-state index in [1.165, 1.54) is 23.5 Å². The van der Waals surface area contributed by atoms with Gasteiger partial charge in [0.25, 0.3) is 0 Å². The molecule has 1 unspecified atom stereocenters. The lowest BCUT2D eigenvalue weighted by molar-refractivity contribution is 0.215. The summed E-state index contributed by atoms with van der Waals surface area (Å²) >= 11 is 1.95. The lowest BCUT2D eigenvalue weighted by Crippen LogP contribution is -2.38. The van der Waals surface area contributed by atoms with Gasteiger partial charge in [0.15, 0.2) is 0 Å². The van der Waals surface area contributed by atoms with Crippen molar-refractivity contribution in [2.24, 2.45) is 0 Å². The summed E-state index contributed by atoms with van der Waals surface area (Å²) in [7, 11) is 0. The number of hydrogen-bond donors (Lipinski definition) is 1. The largest absolute Gasteiger partial charge is 0.315 e. The van der Waals surface area contributed by atoms with E-state index >= 15 is 0 Å². The first-order valence-corrected chi connectivity index (χ1v) is 8.89. The summed E-state index contributed by atoms with van der Waals surface area (Å²) in [5.41, 5.74) is 0. The SMILES string of the molecule is CCC(C)N(CC)CCNCCCSc1ccccc1. The second-order valence-corrected chi connectivity index (χ2v) is 6.32. The lowest BCUT2D eigenvalue weighted by atomic mass is 10.2. The van der Waals surface area contributed by atoms with Crippen LogP contribution in [0.3, 0.4) is 0 Å². The first-order valence-electron chi connectivity index (χ1n) is 7.90. The molecule has 0 amide bonds. The zero-order valence-electron chi connectivity index (χ0n) is 13.3. The van der Waals surface area contributed by atoms with Crippen LogP contribution in [0.1, 0.15) is 33.6 Å². The van der Waals surface area contributed by atoms with Crippen molar-refractivity contribution in [3.8, 4) is 0 Å². The molecular weight excluding hydrogens is 264 g/mol. The van der Waals surface area contributed by atoms with Crippen molar-refractivity contribution >= 4 is 11.8 Å². The van der Waals surface area contributed by atoms with E-state index in [0.717, 1.165) is 26.2 Å². The van der Waals surface area contributed by atoms with E-state index in [4.69, 9.17) is 0 Å². The molecule has 1 aromatic rings. The zero-order valence-corrected chi connectivity index (χ0v) is 14.1. The van der Waals surface area contributed by atoms with Crippen molar-refractivity contribution in [1.29, 1.82) is 0 Å². The van der Waals surface area contributed by atoms with Crippen molar-refractivity contribution in [3.05, 3.63) is 30.3 Å². The van der Waals surface area contributed by atoms with Gasteiger partial charge in [-0.3, -0.25) is 4.90 Å². The molecule has 0 saturated heterocycles. The Morgan fingerprint density at radius 3 is 2.55 bits per heavy atom. The molecule has 0 radical (unpaired) electrons. The molecule has 20 heavy (non-hydrogen) atoms. The molecule has 0 aliphatic heterocycles. The van der Waals surface area contributed by atoms with Crippen molar-refractivity contribution in [1.82, 2.24) is 10.2 Å². The lowest BCUT2D eigenvalue weighted by Gasteiger charge is -2.26. The molecule has 0 aromatic heterocycles. The molecule has 0 aliphatic carbocycles. The monoisotopic (exact) mass is 294 g/mol. The van der Waals surface area contributed by atoms with Crippen LogP contribution in [-0.4, -0.2) is 42.9 Å². The minimum atomic E-state index is 0.704. The molecular formula is C17H30N2S. The molecule has 3 heteroatoms. The summed E-state index contributed by atoms with van der Waals surface area (Å²) in [5, 5.41) is 3.56. The van der Waals surface area contributed by atoms with E-state index in [-0.39, 0.29) is 0 Å². The summed E-state index contributed by atoms with van der Waals surface area (Å²) in [4.78, 5) is 3.92. The first kappa shape index (κ1) is 17.5. The van der Waals surface area contributed by atoms with Crippen LogP contribution in [0.5, 0.6) is 0 Å². The Labute approximate surface area is 129 Å². The van der Waals surface area contributed by atoms with Gasteiger partial charge in [-0.15, -0.1) is 11.8 Å². The molecule has 0 heterocycles. The third-order valence-electron chi connectivity index (χ3n) is 3.71. The molecule has 1 rings (SSSR count). The van der Waals surface area contributed by atoms with E-state index in [9.17, 15) is 0 Å². The Hall–Kier alpha value is -0.510. The molecule has 0 spiro atoms. The number of likely N-dealkylation sites (N-methyl/N-ethyl adjacent to an activating group) is 1. The van der Waals surface area contributed by atoms with Gasteiger partial charge >= 0.3 is 0 Å². The number of hydrogen-bond acceptors (Lipinski definition) is 3. The fourth-order valence-corrected chi connectivity index (χ4v) is 3.07. The van der Waals surface area contributed by atoms with E-state index in [1.54, 1.807) is 0 Å². The second-order valence-electron chi connectivity index (χ2n) is 5.15. The van der Waals surface area contributed by atoms with E-state index in [2.05, 4.69) is 61.3 Å². The molecule has 1 atom stereocenters. The van der Waals surface area contributed by atoms with Gasteiger partial charge in [-0.2, -0.15) is 0 Å². The smallest absolute Gasteiger partial charge is 0.0110 e. The summed E-state index contributed by atoms with van der Waals surface area (Å²) in [6, 6.07) is 11.4. The fraction of sp³-hybridized carbons (Fsp3) is 0.647. The van der Waals surface area contributed by atoms with Crippen molar-refractivity contribution in [2.45, 2.75) is 44.6 Å². The molecule has 0 fully saturated rings. The quantitative estimate of drug-likeness (QED) is 0.492. The average molecular weight is 295 g/mol. The maximum Gasteiger partial charge on any atom is 0.0110 e. The van der Waals surface area contributed by atoms with Crippen molar-refractivity contribution in [2.75, 3.05) is 31.9 Å². The number of thioether (sulfide) groups is 1. The number of benzene rings is 1. The summed E-state index contributed by atoms with van der Waals surface area (Å²) in [5.74, 6) is 1.19. The highest BCUT2D eigenvalue weighted by atomic mass is 32.2. The third-order valence-corrected chi connectivity index (χ3v) is 4.80. The predicted octanol–water partition coefficient (Wildman–Crippen LogP) is 3.88. The second kappa shape index (κ2) is 11.2. The van der Waals surface area contributed by atoms with Crippen LogP contribution < -0.4 is 5.32 Å². The fourth-order valence-electron chi connectivity index (χ4n) is 2.20. The normalized spacial score (nSPS) is 12.8. The molecule has 1 aromatic carbocycles. The standard InChI is InChI=1S/C17H30N2S/c1-4-16(3)19(5-2)14-13-18-12-9-15-20-17-10-7-6-8-11-17/h6-8,10-11,16,18H,4-5,9,12-15H2,1-3H3. The highest BCUT2D eigenvalue weighted by molar-refractivity contribution is 7.99. The highest BCUT2D eigenvalue weighted by Crippen LogP contribution is 2.17. The molecule has 0 bridgehead atoms. The van der Waals surface area contributed by atoms with Crippen molar-refractivity contribution in [3.63, 3.8) is 0 Å². The van der Waals surface area contributed by atoms with Crippen molar-refractivity contribution < 1.29 is 0 Å². The van der Waals surface area contributed by atoms with Crippen LogP contribution in [0.4, 0.5) is 0 Å². The Balaban J connectivity index is 1.99. The van der Waals surface area contributed by atoms with E-state index < -0.39 is 0 Å². The Morgan fingerprint density at radius 1 is 1.15 bits per heavy atom. The maximum atomic E-state index is 3.56. The maximum absolute atomic E-state index is 3.56. The average Bonchev–Trinajstić information content (AvgIpc) is 2.50. The molecule has 114 valence electrons. The highest BCUT2D eigenvalue weighted by Gasteiger charge is 2.08. The van der Waals surface area contributed by atoms with Crippen LogP contribution in [-0.2, 0) is 0 Å². The van der Waals surface area contributed by atoms with Gasteiger partial charge in [-0.05, 0) is 50.7 Å². The molecule has 0 saturated carbocycles. The van der Waals surface area contributed by atoms with Gasteiger partial charge in [0.1, 0.15) is 0 Å². The topological polar surface area (TPSA) is 15.3 Å². The Bertz CT molecular complexity index is 329. The Morgan fingerprint density at radius 2 is 1.90 bits per heavy atom. The first-order chi connectivity index (χ1) is 9.77. The van der Waals surface area contributed by atoms with Crippen LogP contribution in [0, 0.1) is 0 Å². The summed E-state index contributed by atoms with van der Waals surface area (Å²) in [6.07, 6.45) is 2.47. The van der Waals surface area contributed by atoms with Crippen LogP contribution in [0.2, 0.25) is 0 Å². The van der Waals surface area contributed by atoms with Gasteiger partial charge in [0.05, 0.1) is 0 Å². The van der Waals surface area contributed by atoms with E-state index in [0.29, 0.717) is 6.04 Å². The zero-order chi connectivity index (χ0) is 14.6. The minimum Gasteiger partial charge on any atom is -0.315 e. The minimum absolute atomic E-state index is 0.704. The van der Waals surface area contributed by atoms with Gasteiger partial charge in [-0.1, -0.05) is 32.0 Å². The number of nitrogens with zero attached hydrogens (tertiary/aromatic N) is 1. The van der Waals surface area contributed by atoms with Gasteiger partial charge < -0.3 is 5.32 Å². The predicted molar refractivity (Wildman–Crippen MR) is 91.7 cm³/mol. The van der Waals surface area contributed by atoms with Crippen LogP contribution in [0.25, 0.3) is 0 Å². The molecule has 2 nitrogen and oxygen atoms in total. The third kappa shape index (κ3) is 7.32. The number of nitrogens with one attached hydrogen (secondary N) is 1. The van der Waals surface area contributed by atoms with E-state index in [1.807, 2.05) is 11.8 Å².